The topological polar surface area (TPSA) is 40.7 Å². The van der Waals surface area contributed by atoms with E-state index in [0.717, 1.165) is 22.3 Å². The van der Waals surface area contributed by atoms with E-state index in [-0.39, 0.29) is 0 Å². The molecule has 3 nitrogen and oxygen atoms in total. The van der Waals surface area contributed by atoms with Crippen LogP contribution in [0.5, 0.6) is 0 Å². The van der Waals surface area contributed by atoms with Gasteiger partial charge in [0.15, 0.2) is 0 Å². The number of rotatable bonds is 3. The van der Waals surface area contributed by atoms with E-state index in [0.29, 0.717) is 0 Å². The molecule has 1 aromatic heterocycles. The Labute approximate surface area is 105 Å². The minimum atomic E-state index is 0.939. The number of fused-ring (bicyclic) bond motifs is 1. The predicted octanol–water partition coefficient (Wildman–Crippen LogP) is 3.65. The molecule has 0 fully saturated rings. The first-order chi connectivity index (χ1) is 8.93. The predicted molar refractivity (Wildman–Crippen MR) is 75.2 cm³/mol. The second-order valence-electron chi connectivity index (χ2n) is 4.00. The van der Waals surface area contributed by atoms with E-state index in [2.05, 4.69) is 21.6 Å². The van der Waals surface area contributed by atoms with Gasteiger partial charge in [0.2, 0.25) is 0 Å². The highest BCUT2D eigenvalue weighted by Crippen LogP contribution is 2.16. The third-order valence-corrected chi connectivity index (χ3v) is 2.76. The average Bonchev–Trinajstić information content (AvgIpc) is 2.84. The van der Waals surface area contributed by atoms with Crippen LogP contribution in [0, 0.1) is 0 Å². The number of nitrogens with zero attached hydrogens (tertiary/aromatic N) is 1. The SMILES string of the molecule is C(=Cc1n[nH]c2ccccc12)Nc1ccccc1. The van der Waals surface area contributed by atoms with Crippen LogP contribution >= 0.6 is 0 Å². The van der Waals surface area contributed by atoms with E-state index in [9.17, 15) is 0 Å². The second-order valence-corrected chi connectivity index (χ2v) is 4.00. The van der Waals surface area contributed by atoms with E-state index in [1.54, 1.807) is 0 Å². The molecule has 0 aliphatic rings. The molecule has 0 bridgehead atoms. The molecule has 0 amide bonds. The number of hydrogen-bond donors (Lipinski definition) is 2. The van der Waals surface area contributed by atoms with E-state index in [4.69, 9.17) is 0 Å². The van der Waals surface area contributed by atoms with Crippen LogP contribution in [0.1, 0.15) is 5.69 Å². The summed E-state index contributed by atoms with van der Waals surface area (Å²) in [5.74, 6) is 0. The molecular weight excluding hydrogens is 222 g/mol. The summed E-state index contributed by atoms with van der Waals surface area (Å²) >= 11 is 0. The Morgan fingerprint density at radius 3 is 2.61 bits per heavy atom. The van der Waals surface area contributed by atoms with Crippen molar-refractivity contribution in [3.8, 4) is 0 Å². The zero-order valence-corrected chi connectivity index (χ0v) is 9.80. The molecule has 3 aromatic rings. The van der Waals surface area contributed by atoms with Crippen LogP contribution in [-0.2, 0) is 0 Å². The van der Waals surface area contributed by atoms with Crippen molar-refractivity contribution in [1.29, 1.82) is 0 Å². The summed E-state index contributed by atoms with van der Waals surface area (Å²) in [6.45, 7) is 0. The minimum absolute atomic E-state index is 0.939. The van der Waals surface area contributed by atoms with Crippen LogP contribution in [0.15, 0.2) is 60.8 Å². The lowest BCUT2D eigenvalue weighted by Crippen LogP contribution is -1.85. The number of anilines is 1. The molecular formula is C15H13N3. The first kappa shape index (κ1) is 10.6. The van der Waals surface area contributed by atoms with Crippen LogP contribution in [-0.4, -0.2) is 10.2 Å². The largest absolute Gasteiger partial charge is 0.362 e. The molecule has 3 heteroatoms. The fraction of sp³-hybridized carbons (Fsp3) is 0. The first-order valence-corrected chi connectivity index (χ1v) is 5.85. The summed E-state index contributed by atoms with van der Waals surface area (Å²) in [5, 5.41) is 11.6. The number of nitrogens with one attached hydrogen (secondary N) is 2. The maximum Gasteiger partial charge on any atom is 0.0941 e. The third kappa shape index (κ3) is 2.11. The average molecular weight is 235 g/mol. The monoisotopic (exact) mass is 235 g/mol. The maximum absolute atomic E-state index is 4.27. The van der Waals surface area contributed by atoms with Crippen LogP contribution < -0.4 is 5.32 Å². The Hall–Kier alpha value is -2.55. The molecule has 3 rings (SSSR count). The molecule has 88 valence electrons. The van der Waals surface area contributed by atoms with E-state index < -0.39 is 0 Å². The van der Waals surface area contributed by atoms with Gasteiger partial charge in [-0.1, -0.05) is 36.4 Å². The number of hydrogen-bond acceptors (Lipinski definition) is 2. The van der Waals surface area contributed by atoms with Gasteiger partial charge in [-0.3, -0.25) is 5.10 Å². The highest BCUT2D eigenvalue weighted by atomic mass is 15.1. The van der Waals surface area contributed by atoms with Crippen LogP contribution in [0.2, 0.25) is 0 Å². The van der Waals surface area contributed by atoms with Gasteiger partial charge in [-0.15, -0.1) is 0 Å². The Morgan fingerprint density at radius 2 is 1.72 bits per heavy atom. The van der Waals surface area contributed by atoms with Gasteiger partial charge >= 0.3 is 0 Å². The molecule has 18 heavy (non-hydrogen) atoms. The van der Waals surface area contributed by atoms with Crippen molar-refractivity contribution in [2.45, 2.75) is 0 Å². The van der Waals surface area contributed by atoms with Crippen LogP contribution in [0.25, 0.3) is 17.0 Å². The van der Waals surface area contributed by atoms with Crippen molar-refractivity contribution < 1.29 is 0 Å². The van der Waals surface area contributed by atoms with Gasteiger partial charge < -0.3 is 5.32 Å². The van der Waals surface area contributed by atoms with Gasteiger partial charge in [-0.05, 0) is 24.3 Å². The van der Waals surface area contributed by atoms with Gasteiger partial charge in [0.25, 0.3) is 0 Å². The lowest BCUT2D eigenvalue weighted by atomic mass is 10.2. The zero-order valence-electron chi connectivity index (χ0n) is 9.80. The lowest BCUT2D eigenvalue weighted by Gasteiger charge is -1.98. The van der Waals surface area contributed by atoms with E-state index in [1.807, 2.05) is 60.8 Å². The molecule has 0 saturated heterocycles. The molecule has 2 N–H and O–H groups in total. The van der Waals surface area contributed by atoms with Gasteiger partial charge in [-0.2, -0.15) is 5.10 Å². The molecule has 0 aliphatic heterocycles. The summed E-state index contributed by atoms with van der Waals surface area (Å²) in [7, 11) is 0. The number of H-pyrrole nitrogens is 1. The quantitative estimate of drug-likeness (QED) is 0.727. The summed E-state index contributed by atoms with van der Waals surface area (Å²) < 4.78 is 0. The van der Waals surface area contributed by atoms with Gasteiger partial charge in [0, 0.05) is 17.3 Å². The highest BCUT2D eigenvalue weighted by Gasteiger charge is 1.99. The summed E-state index contributed by atoms with van der Waals surface area (Å²) in [6, 6.07) is 18.1. The molecule has 0 radical (unpaired) electrons. The number of aromatic amines is 1. The Bertz CT molecular complexity index is 668. The number of para-hydroxylation sites is 2. The molecule has 2 aromatic carbocycles. The zero-order chi connectivity index (χ0) is 12.2. The first-order valence-electron chi connectivity index (χ1n) is 5.85. The number of benzene rings is 2. The Kier molecular flexibility index (Phi) is 2.80. The van der Waals surface area contributed by atoms with Crippen molar-refractivity contribution in [3.63, 3.8) is 0 Å². The van der Waals surface area contributed by atoms with Crippen LogP contribution in [0.3, 0.4) is 0 Å². The van der Waals surface area contributed by atoms with Crippen molar-refractivity contribution in [2.75, 3.05) is 5.32 Å². The van der Waals surface area contributed by atoms with Gasteiger partial charge in [0.1, 0.15) is 0 Å². The molecule has 1 heterocycles. The molecule has 0 spiro atoms. The second kappa shape index (κ2) is 4.75. The fourth-order valence-corrected chi connectivity index (χ4v) is 1.86. The smallest absolute Gasteiger partial charge is 0.0941 e. The van der Waals surface area contributed by atoms with E-state index >= 15 is 0 Å². The normalized spacial score (nSPS) is 11.1. The minimum Gasteiger partial charge on any atom is -0.362 e. The van der Waals surface area contributed by atoms with Crippen molar-refractivity contribution in [1.82, 2.24) is 10.2 Å². The Balaban J connectivity index is 1.80. The molecule has 0 saturated carbocycles. The summed E-state index contributed by atoms with van der Waals surface area (Å²) in [5.41, 5.74) is 3.06. The Morgan fingerprint density at radius 1 is 0.944 bits per heavy atom. The van der Waals surface area contributed by atoms with Crippen molar-refractivity contribution in [2.24, 2.45) is 0 Å². The fourth-order valence-electron chi connectivity index (χ4n) is 1.86. The molecule has 0 aliphatic carbocycles. The standard InChI is InChI=1S/C15H13N3/c1-2-6-12(7-3-1)16-11-10-15-13-8-4-5-9-14(13)17-18-15/h1-11,16H,(H,17,18). The van der Waals surface area contributed by atoms with Crippen LogP contribution in [0.4, 0.5) is 5.69 Å². The summed E-state index contributed by atoms with van der Waals surface area (Å²) in [4.78, 5) is 0. The lowest BCUT2D eigenvalue weighted by molar-refractivity contribution is 1.11. The maximum atomic E-state index is 4.27. The summed E-state index contributed by atoms with van der Waals surface area (Å²) in [6.07, 6.45) is 3.86. The third-order valence-electron chi connectivity index (χ3n) is 2.76. The van der Waals surface area contributed by atoms with E-state index in [1.165, 1.54) is 0 Å². The number of aromatic nitrogens is 2. The van der Waals surface area contributed by atoms with Crippen molar-refractivity contribution in [3.05, 3.63) is 66.5 Å². The highest BCUT2D eigenvalue weighted by molar-refractivity contribution is 5.86. The van der Waals surface area contributed by atoms with Crippen molar-refractivity contribution >= 4 is 22.7 Å². The molecule has 0 atom stereocenters. The molecule has 0 unspecified atom stereocenters. The van der Waals surface area contributed by atoms with Gasteiger partial charge in [-0.25, -0.2) is 0 Å². The van der Waals surface area contributed by atoms with Gasteiger partial charge in [0.05, 0.1) is 11.2 Å².